The molecule has 0 bridgehead atoms. The molecule has 2 N–H and O–H groups in total. The minimum Gasteiger partial charge on any atom is -0.344 e. The quantitative estimate of drug-likeness (QED) is 0.487. The molecular weight excluding hydrogens is 461 g/mol. The molecule has 0 atom stereocenters. The second-order valence-corrected chi connectivity index (χ2v) is 6.80. The Labute approximate surface area is 176 Å². The summed E-state index contributed by atoms with van der Waals surface area (Å²) in [5.74, 6) is -2.35. The molecule has 2 aromatic carbocycles. The lowest BCUT2D eigenvalue weighted by Crippen LogP contribution is -2.39. The number of rotatable bonds is 4. The Morgan fingerprint density at radius 2 is 1.03 bits per heavy atom. The summed E-state index contributed by atoms with van der Waals surface area (Å²) < 4.78 is 77.0. The summed E-state index contributed by atoms with van der Waals surface area (Å²) in [5, 5.41) is 3.20. The molecule has 0 radical (unpaired) electrons. The molecule has 0 unspecified atom stereocenters. The minimum atomic E-state index is -4.69. The van der Waals surface area contributed by atoms with E-state index in [9.17, 15) is 35.9 Å². The second-order valence-electron chi connectivity index (χ2n) is 5.99. The van der Waals surface area contributed by atoms with Crippen molar-refractivity contribution < 1.29 is 35.9 Å². The largest absolute Gasteiger partial charge is 0.417 e. The van der Waals surface area contributed by atoms with Crippen LogP contribution in [0.4, 0.5) is 26.3 Å². The molecule has 0 aliphatic carbocycles. The molecule has 0 fully saturated rings. The van der Waals surface area contributed by atoms with Crippen molar-refractivity contribution in [3.8, 4) is 0 Å². The highest BCUT2D eigenvalue weighted by Gasteiger charge is 2.34. The molecule has 4 nitrogen and oxygen atoms in total. The van der Waals surface area contributed by atoms with Gasteiger partial charge in [0.25, 0.3) is 0 Å². The monoisotopic (exact) mass is 472 g/mol. The summed E-state index contributed by atoms with van der Waals surface area (Å²) in [6.07, 6.45) is -9.38. The van der Waals surface area contributed by atoms with Crippen LogP contribution in [0.5, 0.6) is 0 Å². The van der Waals surface area contributed by atoms with Gasteiger partial charge in [-0.1, -0.05) is 35.3 Å². The van der Waals surface area contributed by atoms with Gasteiger partial charge in [0.1, 0.15) is 0 Å². The Balaban J connectivity index is 1.96. The fraction of sp³-hybridized carbons (Fsp3) is 0.222. The van der Waals surface area contributed by atoms with Gasteiger partial charge in [0.15, 0.2) is 0 Å². The zero-order chi connectivity index (χ0) is 22.7. The van der Waals surface area contributed by atoms with Crippen molar-refractivity contribution in [2.45, 2.75) is 25.4 Å². The van der Waals surface area contributed by atoms with Crippen LogP contribution in [-0.2, 0) is 35.0 Å². The van der Waals surface area contributed by atoms with Crippen molar-refractivity contribution >= 4 is 35.0 Å². The first-order valence-corrected chi connectivity index (χ1v) is 8.82. The van der Waals surface area contributed by atoms with Gasteiger partial charge in [-0.2, -0.15) is 26.3 Å². The lowest BCUT2D eigenvalue weighted by molar-refractivity contribution is -0.139. The summed E-state index contributed by atoms with van der Waals surface area (Å²) in [6.45, 7) is -0.794. The van der Waals surface area contributed by atoms with Crippen molar-refractivity contribution in [2.75, 3.05) is 0 Å². The van der Waals surface area contributed by atoms with Gasteiger partial charge < -0.3 is 10.6 Å². The molecular formula is C18H12Cl2F6N2O2. The van der Waals surface area contributed by atoms with Crippen LogP contribution in [0.25, 0.3) is 0 Å². The highest BCUT2D eigenvalue weighted by Crippen LogP contribution is 2.36. The third-order valence-corrected chi connectivity index (χ3v) is 4.44. The van der Waals surface area contributed by atoms with E-state index < -0.39 is 58.4 Å². The van der Waals surface area contributed by atoms with Gasteiger partial charge in [-0.15, -0.1) is 0 Å². The number of nitrogens with one attached hydrogen (secondary N) is 2. The van der Waals surface area contributed by atoms with Crippen molar-refractivity contribution in [3.63, 3.8) is 0 Å². The van der Waals surface area contributed by atoms with E-state index in [2.05, 4.69) is 10.6 Å². The summed E-state index contributed by atoms with van der Waals surface area (Å²) in [4.78, 5) is 23.6. The van der Waals surface area contributed by atoms with Crippen LogP contribution in [0.15, 0.2) is 36.4 Å². The molecule has 0 aromatic heterocycles. The summed E-state index contributed by atoms with van der Waals surface area (Å²) >= 11 is 11.0. The van der Waals surface area contributed by atoms with E-state index in [-0.39, 0.29) is 11.1 Å². The third-order valence-electron chi connectivity index (χ3n) is 3.78. The molecule has 0 aliphatic heterocycles. The predicted octanol–water partition coefficient (Wildman–Crippen LogP) is 4.96. The van der Waals surface area contributed by atoms with Gasteiger partial charge >= 0.3 is 24.2 Å². The molecule has 0 saturated carbocycles. The smallest absolute Gasteiger partial charge is 0.344 e. The maximum absolute atomic E-state index is 12.8. The van der Waals surface area contributed by atoms with E-state index in [1.807, 2.05) is 0 Å². The number of alkyl halides is 6. The van der Waals surface area contributed by atoms with Gasteiger partial charge in [-0.3, -0.25) is 9.59 Å². The van der Waals surface area contributed by atoms with Crippen molar-refractivity contribution in [2.24, 2.45) is 0 Å². The lowest BCUT2D eigenvalue weighted by Gasteiger charge is -2.12. The lowest BCUT2D eigenvalue weighted by atomic mass is 10.1. The first kappa shape index (κ1) is 23.8. The van der Waals surface area contributed by atoms with Crippen molar-refractivity contribution in [1.29, 1.82) is 0 Å². The summed E-state index contributed by atoms with van der Waals surface area (Å²) in [7, 11) is 0. The normalized spacial score (nSPS) is 11.9. The number of halogens is 8. The number of carbonyl (C=O) groups is 2. The molecule has 0 heterocycles. The van der Waals surface area contributed by atoms with E-state index >= 15 is 0 Å². The molecule has 0 aliphatic rings. The first-order chi connectivity index (χ1) is 13.8. The van der Waals surface area contributed by atoms with Crippen LogP contribution in [0, 0.1) is 0 Å². The molecule has 30 heavy (non-hydrogen) atoms. The fourth-order valence-electron chi connectivity index (χ4n) is 2.32. The zero-order valence-electron chi connectivity index (χ0n) is 14.7. The Hall–Kier alpha value is -2.46. The van der Waals surface area contributed by atoms with Crippen LogP contribution >= 0.6 is 23.2 Å². The maximum Gasteiger partial charge on any atom is 0.417 e. The van der Waals surface area contributed by atoms with Crippen LogP contribution in [-0.4, -0.2) is 11.8 Å². The van der Waals surface area contributed by atoms with Gasteiger partial charge in [0.2, 0.25) is 0 Å². The van der Waals surface area contributed by atoms with Crippen LogP contribution in [0.1, 0.15) is 22.3 Å². The highest BCUT2D eigenvalue weighted by atomic mass is 35.5. The van der Waals surface area contributed by atoms with E-state index in [4.69, 9.17) is 23.2 Å². The standard InChI is InChI=1S/C18H12Cl2F6N2O2/c19-13-3-1-9(5-11(13)17(21,22)23)7-27-15(29)16(30)28-8-10-2-4-14(20)12(6-10)18(24,25)26/h1-6H,7-8H2,(H,27,29)(H,28,30). The van der Waals surface area contributed by atoms with Gasteiger partial charge in [0.05, 0.1) is 21.2 Å². The average molecular weight is 473 g/mol. The van der Waals surface area contributed by atoms with Crippen LogP contribution in [0.2, 0.25) is 10.0 Å². The van der Waals surface area contributed by atoms with E-state index in [1.165, 1.54) is 12.1 Å². The van der Waals surface area contributed by atoms with E-state index in [0.717, 1.165) is 24.3 Å². The SMILES string of the molecule is O=C(NCc1ccc(Cl)c(C(F)(F)F)c1)C(=O)NCc1ccc(Cl)c(C(F)(F)F)c1. The summed E-state index contributed by atoms with van der Waals surface area (Å²) in [5.41, 5.74) is -2.10. The number of hydrogen-bond acceptors (Lipinski definition) is 2. The van der Waals surface area contributed by atoms with Crippen LogP contribution < -0.4 is 10.6 Å². The Morgan fingerprint density at radius 1 is 0.700 bits per heavy atom. The van der Waals surface area contributed by atoms with Crippen molar-refractivity contribution in [1.82, 2.24) is 10.6 Å². The molecule has 0 saturated heterocycles. The molecule has 162 valence electrons. The maximum atomic E-state index is 12.8. The highest BCUT2D eigenvalue weighted by molar-refractivity contribution is 6.35. The van der Waals surface area contributed by atoms with Gasteiger partial charge in [-0.05, 0) is 35.4 Å². The number of carbonyl (C=O) groups excluding carboxylic acids is 2. The average Bonchev–Trinajstić information content (AvgIpc) is 2.64. The molecule has 12 heteroatoms. The topological polar surface area (TPSA) is 58.2 Å². The van der Waals surface area contributed by atoms with Crippen molar-refractivity contribution in [3.05, 3.63) is 68.7 Å². The first-order valence-electron chi connectivity index (χ1n) is 8.06. The minimum absolute atomic E-state index is 0.0420. The molecule has 2 aromatic rings. The van der Waals surface area contributed by atoms with E-state index in [1.54, 1.807) is 0 Å². The predicted molar refractivity (Wildman–Crippen MR) is 96.6 cm³/mol. The number of hydrogen-bond donors (Lipinski definition) is 2. The van der Waals surface area contributed by atoms with Gasteiger partial charge in [-0.25, -0.2) is 0 Å². The molecule has 2 rings (SSSR count). The fourth-order valence-corrected chi connectivity index (χ4v) is 2.77. The molecule has 2 amide bonds. The van der Waals surface area contributed by atoms with Gasteiger partial charge in [0, 0.05) is 13.1 Å². The number of amides is 2. The Bertz CT molecular complexity index is 883. The number of benzene rings is 2. The summed E-state index contributed by atoms with van der Waals surface area (Å²) in [6, 6.07) is 5.94. The second kappa shape index (κ2) is 9.13. The third kappa shape index (κ3) is 6.27. The Kier molecular flexibility index (Phi) is 7.25. The molecule has 0 spiro atoms. The Morgan fingerprint density at radius 3 is 1.33 bits per heavy atom. The zero-order valence-corrected chi connectivity index (χ0v) is 16.2. The van der Waals surface area contributed by atoms with E-state index in [0.29, 0.717) is 0 Å². The van der Waals surface area contributed by atoms with Crippen LogP contribution in [0.3, 0.4) is 0 Å².